The molecule has 0 N–H and O–H groups in total. The van der Waals surface area contributed by atoms with Crippen LogP contribution in [0.5, 0.6) is 0 Å². The Hall–Kier alpha value is -3.24. The van der Waals surface area contributed by atoms with Crippen LogP contribution in [0.4, 0.5) is 0 Å². The molecule has 0 aromatic heterocycles. The molecule has 10 nitrogen and oxygen atoms in total. The number of allylic oxidation sites excluding steroid dienone is 2. The van der Waals surface area contributed by atoms with Crippen LogP contribution in [0.25, 0.3) is 0 Å². The SMILES string of the molecule is CC(=O)OC1CC23COC(=O)/C=C(\C)CCOC(=O)/C=C/C=C/C(=O)OC4CC(OC2C=C1C)C1(CO1)C43C. The lowest BCUT2D eigenvalue weighted by molar-refractivity contribution is -0.239. The normalized spacial score (nSPS) is 43.2. The molecular weight excluding hydrogens is 508 g/mol. The summed E-state index contributed by atoms with van der Waals surface area (Å²) < 4.78 is 35.4. The van der Waals surface area contributed by atoms with E-state index in [0.717, 1.165) is 5.57 Å². The van der Waals surface area contributed by atoms with Crippen molar-refractivity contribution in [1.29, 1.82) is 0 Å². The van der Waals surface area contributed by atoms with Crippen molar-refractivity contribution in [3.05, 3.63) is 47.6 Å². The maximum Gasteiger partial charge on any atom is 0.331 e. The van der Waals surface area contributed by atoms with E-state index in [2.05, 4.69) is 0 Å². The third kappa shape index (κ3) is 4.63. The van der Waals surface area contributed by atoms with Gasteiger partial charge in [0.05, 0.1) is 36.3 Å². The fourth-order valence-electron chi connectivity index (χ4n) is 6.78. The Kier molecular flexibility index (Phi) is 7.05. The van der Waals surface area contributed by atoms with Crippen molar-refractivity contribution in [3.8, 4) is 0 Å². The van der Waals surface area contributed by atoms with Crippen LogP contribution in [0, 0.1) is 10.8 Å². The zero-order chi connectivity index (χ0) is 28.0. The van der Waals surface area contributed by atoms with E-state index < -0.39 is 58.6 Å². The average Bonchev–Trinajstić information content (AvgIpc) is 3.64. The van der Waals surface area contributed by atoms with Crippen molar-refractivity contribution in [2.24, 2.45) is 10.8 Å². The number of ether oxygens (including phenoxy) is 6. The summed E-state index contributed by atoms with van der Waals surface area (Å²) >= 11 is 0. The van der Waals surface area contributed by atoms with Gasteiger partial charge in [0.25, 0.3) is 0 Å². The van der Waals surface area contributed by atoms with E-state index in [4.69, 9.17) is 28.4 Å². The first-order chi connectivity index (χ1) is 18.5. The highest BCUT2D eigenvalue weighted by Gasteiger charge is 2.83. The maximum absolute atomic E-state index is 13.0. The number of epoxide rings is 1. The Morgan fingerprint density at radius 1 is 1.00 bits per heavy atom. The number of rotatable bonds is 1. The number of carbonyl (C=O) groups excluding carboxylic acids is 4. The van der Waals surface area contributed by atoms with Gasteiger partial charge in [-0.25, -0.2) is 14.4 Å². The summed E-state index contributed by atoms with van der Waals surface area (Å²) in [6.45, 7) is 7.41. The van der Waals surface area contributed by atoms with Crippen LogP contribution < -0.4 is 0 Å². The Morgan fingerprint density at radius 2 is 1.72 bits per heavy atom. The van der Waals surface area contributed by atoms with Crippen LogP contribution in [-0.4, -0.2) is 73.7 Å². The maximum atomic E-state index is 13.0. The highest BCUT2D eigenvalue weighted by atomic mass is 16.6. The van der Waals surface area contributed by atoms with Gasteiger partial charge in [-0.2, -0.15) is 0 Å². The highest BCUT2D eigenvalue weighted by molar-refractivity contribution is 5.85. The molecule has 7 atom stereocenters. The molecular formula is C29H34O10. The van der Waals surface area contributed by atoms with E-state index in [1.165, 1.54) is 37.3 Å². The van der Waals surface area contributed by atoms with Gasteiger partial charge in [-0.15, -0.1) is 0 Å². The van der Waals surface area contributed by atoms with Gasteiger partial charge in [-0.1, -0.05) is 30.7 Å². The summed E-state index contributed by atoms with van der Waals surface area (Å²) in [5, 5.41) is 0. The number of carbonyl (C=O) groups is 4. The molecule has 0 aromatic carbocycles. The third-order valence-corrected chi connectivity index (χ3v) is 9.01. The molecule has 7 unspecified atom stereocenters. The first-order valence-electron chi connectivity index (χ1n) is 13.2. The van der Waals surface area contributed by atoms with Crippen LogP contribution in [0.1, 0.15) is 47.0 Å². The van der Waals surface area contributed by atoms with Crippen LogP contribution in [0.3, 0.4) is 0 Å². The summed E-state index contributed by atoms with van der Waals surface area (Å²) in [4.78, 5) is 49.8. The molecule has 2 aliphatic carbocycles. The molecule has 3 heterocycles. The minimum Gasteiger partial charge on any atom is -0.462 e. The van der Waals surface area contributed by atoms with Gasteiger partial charge in [0, 0.05) is 44.4 Å². The van der Waals surface area contributed by atoms with Crippen molar-refractivity contribution in [1.82, 2.24) is 0 Å². The number of esters is 4. The van der Waals surface area contributed by atoms with Gasteiger partial charge < -0.3 is 28.4 Å². The summed E-state index contributed by atoms with van der Waals surface area (Å²) in [6.07, 6.45) is 7.59. The Labute approximate surface area is 226 Å². The molecule has 210 valence electrons. The van der Waals surface area contributed by atoms with Crippen LogP contribution in [-0.2, 0) is 47.6 Å². The fourth-order valence-corrected chi connectivity index (χ4v) is 6.78. The lowest BCUT2D eigenvalue weighted by atomic mass is 9.51. The average molecular weight is 543 g/mol. The minimum absolute atomic E-state index is 0.0717. The quantitative estimate of drug-likeness (QED) is 0.211. The molecule has 3 aliphatic heterocycles. The Bertz CT molecular complexity index is 1190. The van der Waals surface area contributed by atoms with Crippen molar-refractivity contribution >= 4 is 23.9 Å². The van der Waals surface area contributed by atoms with Gasteiger partial charge in [0.2, 0.25) is 0 Å². The molecule has 10 heteroatoms. The van der Waals surface area contributed by atoms with Gasteiger partial charge in [0.15, 0.2) is 0 Å². The highest BCUT2D eigenvalue weighted by Crippen LogP contribution is 2.72. The van der Waals surface area contributed by atoms with E-state index in [1.54, 1.807) is 6.92 Å². The second-order valence-corrected chi connectivity index (χ2v) is 11.2. The second kappa shape index (κ2) is 10.1. The molecule has 5 aliphatic rings. The van der Waals surface area contributed by atoms with Gasteiger partial charge in [-0.3, -0.25) is 4.79 Å². The largest absolute Gasteiger partial charge is 0.462 e. The van der Waals surface area contributed by atoms with E-state index in [1.807, 2.05) is 19.9 Å². The van der Waals surface area contributed by atoms with Crippen LogP contribution in [0.2, 0.25) is 0 Å². The lowest BCUT2D eigenvalue weighted by Gasteiger charge is -2.59. The first kappa shape index (κ1) is 27.3. The van der Waals surface area contributed by atoms with Gasteiger partial charge >= 0.3 is 23.9 Å². The topological polar surface area (TPSA) is 127 Å². The predicted molar refractivity (Wildman–Crippen MR) is 135 cm³/mol. The number of hydrogen-bond acceptors (Lipinski definition) is 10. The monoisotopic (exact) mass is 542 g/mol. The first-order valence-corrected chi connectivity index (χ1v) is 13.2. The molecule has 39 heavy (non-hydrogen) atoms. The van der Waals surface area contributed by atoms with Crippen molar-refractivity contribution in [2.75, 3.05) is 19.8 Å². The molecule has 3 fully saturated rings. The molecule has 2 saturated heterocycles. The minimum atomic E-state index is -0.928. The molecule has 5 rings (SSSR count). The van der Waals surface area contributed by atoms with Crippen molar-refractivity contribution < 1.29 is 47.6 Å². The van der Waals surface area contributed by atoms with Crippen LogP contribution >= 0.6 is 0 Å². The Morgan fingerprint density at radius 3 is 2.41 bits per heavy atom. The molecule has 0 radical (unpaired) electrons. The summed E-state index contributed by atoms with van der Waals surface area (Å²) in [5.41, 5.74) is -0.971. The van der Waals surface area contributed by atoms with Gasteiger partial charge in [-0.05, 0) is 19.4 Å². The molecule has 2 spiro atoms. The zero-order valence-electron chi connectivity index (χ0n) is 22.6. The molecule has 0 amide bonds. The third-order valence-electron chi connectivity index (χ3n) is 9.01. The Balaban J connectivity index is 1.57. The smallest absolute Gasteiger partial charge is 0.331 e. The second-order valence-electron chi connectivity index (χ2n) is 11.2. The van der Waals surface area contributed by atoms with Crippen molar-refractivity contribution in [2.45, 2.75) is 77.0 Å². The fraction of sp³-hybridized carbons (Fsp3) is 0.586. The standard InChI is InChI=1S/C29H34O10/c1-17-9-10-34-24(31)7-5-6-8-25(32)39-21-13-23-29(16-36-29)27(21,4)28(15-35-26(33)11-17)14-20(37-19(3)30)18(2)12-22(28)38-23/h5-8,11-12,20-23H,9-10,13-16H2,1-4H3/b7-5+,8-6+,17-11+. The van der Waals surface area contributed by atoms with Crippen molar-refractivity contribution in [3.63, 3.8) is 0 Å². The molecule has 2 bridgehead atoms. The lowest BCUT2D eigenvalue weighted by Crippen LogP contribution is -2.68. The summed E-state index contributed by atoms with van der Waals surface area (Å²) in [6, 6.07) is 0. The molecule has 0 aromatic rings. The van der Waals surface area contributed by atoms with E-state index in [-0.39, 0.29) is 19.3 Å². The van der Waals surface area contributed by atoms with Gasteiger partial charge in [0.1, 0.15) is 24.4 Å². The number of cyclic esters (lactones) is 2. The number of hydrogen-bond donors (Lipinski definition) is 0. The molecule has 1 saturated carbocycles. The van der Waals surface area contributed by atoms with Crippen LogP contribution in [0.15, 0.2) is 47.6 Å². The zero-order valence-corrected chi connectivity index (χ0v) is 22.6. The summed E-state index contributed by atoms with van der Waals surface area (Å²) in [7, 11) is 0. The van der Waals surface area contributed by atoms with E-state index in [9.17, 15) is 19.2 Å². The van der Waals surface area contributed by atoms with E-state index >= 15 is 0 Å². The predicted octanol–water partition coefficient (Wildman–Crippen LogP) is 2.66. The summed E-state index contributed by atoms with van der Waals surface area (Å²) in [5.74, 6) is -2.15. The van der Waals surface area contributed by atoms with E-state index in [0.29, 0.717) is 31.4 Å².